The minimum atomic E-state index is -0.0871. The highest BCUT2D eigenvalue weighted by atomic mass is 16.3. The zero-order valence-electron chi connectivity index (χ0n) is 8.43. The topological polar surface area (TPSA) is 46.2 Å². The van der Waals surface area contributed by atoms with Crippen LogP contribution in [0.3, 0.4) is 0 Å². The second-order valence-electron chi connectivity index (χ2n) is 5.50. The second kappa shape index (κ2) is 3.00. The summed E-state index contributed by atoms with van der Waals surface area (Å²) in [6, 6.07) is 0. The van der Waals surface area contributed by atoms with E-state index in [1.165, 1.54) is 0 Å². The molecule has 1 fully saturated rings. The fourth-order valence-electron chi connectivity index (χ4n) is 2.45. The van der Waals surface area contributed by atoms with Crippen LogP contribution in [-0.4, -0.2) is 17.8 Å². The van der Waals surface area contributed by atoms with Crippen LogP contribution >= 0.6 is 0 Å². The van der Waals surface area contributed by atoms with Crippen molar-refractivity contribution in [2.24, 2.45) is 16.6 Å². The number of aliphatic hydroxyl groups excluding tert-OH is 1. The minimum absolute atomic E-state index is 0.0871. The van der Waals surface area contributed by atoms with Crippen LogP contribution in [0.5, 0.6) is 0 Å². The summed E-state index contributed by atoms with van der Waals surface area (Å²) < 4.78 is 0. The third kappa shape index (κ3) is 2.20. The van der Waals surface area contributed by atoms with E-state index in [0.29, 0.717) is 5.41 Å². The van der Waals surface area contributed by atoms with Crippen LogP contribution in [-0.2, 0) is 0 Å². The van der Waals surface area contributed by atoms with E-state index in [-0.39, 0.29) is 11.5 Å². The highest BCUT2D eigenvalue weighted by Crippen LogP contribution is 2.47. The average Bonchev–Trinajstić information content (AvgIpc) is 1.80. The molecule has 1 aliphatic carbocycles. The summed E-state index contributed by atoms with van der Waals surface area (Å²) in [7, 11) is 0. The molecule has 0 heterocycles. The van der Waals surface area contributed by atoms with Gasteiger partial charge in [0.2, 0.25) is 0 Å². The van der Waals surface area contributed by atoms with E-state index in [1.54, 1.807) is 0 Å². The van der Waals surface area contributed by atoms with E-state index in [9.17, 15) is 5.11 Å². The molecule has 2 heteroatoms. The van der Waals surface area contributed by atoms with Crippen LogP contribution in [0.15, 0.2) is 0 Å². The molecule has 0 bridgehead atoms. The smallest absolute Gasteiger partial charge is 0.0551 e. The largest absolute Gasteiger partial charge is 0.393 e. The molecule has 0 aromatic rings. The molecule has 0 unspecified atom stereocenters. The maximum atomic E-state index is 9.26. The molecule has 0 aliphatic heterocycles. The molecular weight excluding hydrogens is 150 g/mol. The normalized spacial score (nSPS) is 36.2. The van der Waals surface area contributed by atoms with Gasteiger partial charge in [0.05, 0.1) is 6.10 Å². The van der Waals surface area contributed by atoms with Gasteiger partial charge >= 0.3 is 0 Å². The molecular formula is C10H21NO. The Morgan fingerprint density at radius 3 is 2.17 bits per heavy atom. The van der Waals surface area contributed by atoms with E-state index < -0.39 is 0 Å². The second-order valence-corrected chi connectivity index (χ2v) is 5.50. The van der Waals surface area contributed by atoms with Gasteiger partial charge in [-0.25, -0.2) is 0 Å². The van der Waals surface area contributed by atoms with Crippen molar-refractivity contribution >= 4 is 0 Å². The van der Waals surface area contributed by atoms with Crippen molar-refractivity contribution < 1.29 is 5.11 Å². The first kappa shape index (κ1) is 10.0. The summed E-state index contributed by atoms with van der Waals surface area (Å²) in [5.41, 5.74) is 6.31. The van der Waals surface area contributed by atoms with Crippen molar-refractivity contribution in [2.45, 2.75) is 46.1 Å². The first-order valence-corrected chi connectivity index (χ1v) is 4.75. The fraction of sp³-hybridized carbons (Fsp3) is 1.00. The van der Waals surface area contributed by atoms with E-state index >= 15 is 0 Å². The van der Waals surface area contributed by atoms with Crippen molar-refractivity contribution in [1.29, 1.82) is 0 Å². The molecule has 0 atom stereocenters. The Morgan fingerprint density at radius 2 is 1.92 bits per heavy atom. The summed E-state index contributed by atoms with van der Waals surface area (Å²) in [6.07, 6.45) is 2.85. The number of nitrogens with two attached hydrogens (primary N) is 1. The molecule has 0 amide bonds. The summed E-state index contributed by atoms with van der Waals surface area (Å²) in [6.45, 7) is 7.42. The van der Waals surface area contributed by atoms with Crippen molar-refractivity contribution in [3.63, 3.8) is 0 Å². The Labute approximate surface area is 75.2 Å². The summed E-state index contributed by atoms with van der Waals surface area (Å²) in [5.74, 6) is 0. The van der Waals surface area contributed by atoms with Crippen molar-refractivity contribution in [3.8, 4) is 0 Å². The maximum absolute atomic E-state index is 9.26. The number of aliphatic hydroxyl groups is 1. The number of hydrogen-bond acceptors (Lipinski definition) is 2. The SMILES string of the molecule is CC(C)(C)CC1(CN)CC(O)C1. The molecule has 0 spiro atoms. The van der Waals surface area contributed by atoms with Gasteiger partial charge in [-0.2, -0.15) is 0 Å². The Kier molecular flexibility index (Phi) is 2.50. The summed E-state index contributed by atoms with van der Waals surface area (Å²) in [4.78, 5) is 0. The van der Waals surface area contributed by atoms with Gasteiger partial charge in [0.1, 0.15) is 0 Å². The van der Waals surface area contributed by atoms with Crippen molar-refractivity contribution in [3.05, 3.63) is 0 Å². The first-order valence-electron chi connectivity index (χ1n) is 4.75. The van der Waals surface area contributed by atoms with Crippen LogP contribution in [0.2, 0.25) is 0 Å². The predicted octanol–water partition coefficient (Wildman–Crippen LogP) is 1.52. The summed E-state index contributed by atoms with van der Waals surface area (Å²) >= 11 is 0. The van der Waals surface area contributed by atoms with Crippen LogP contribution in [0.4, 0.5) is 0 Å². The first-order chi connectivity index (χ1) is 5.37. The molecule has 0 saturated heterocycles. The molecule has 1 rings (SSSR count). The average molecular weight is 171 g/mol. The number of rotatable bonds is 2. The lowest BCUT2D eigenvalue weighted by Gasteiger charge is -2.48. The Bertz CT molecular complexity index is 154. The van der Waals surface area contributed by atoms with E-state index in [2.05, 4.69) is 20.8 Å². The standard InChI is InChI=1S/C10H21NO/c1-9(2,3)6-10(7-11)4-8(12)5-10/h8,12H,4-7,11H2,1-3H3. The highest BCUT2D eigenvalue weighted by molar-refractivity contribution is 4.96. The Balaban J connectivity index is 2.48. The van der Waals surface area contributed by atoms with E-state index in [0.717, 1.165) is 25.8 Å². The lowest BCUT2D eigenvalue weighted by Crippen LogP contribution is -2.48. The van der Waals surface area contributed by atoms with Gasteiger partial charge in [-0.05, 0) is 36.6 Å². The molecule has 0 radical (unpaired) electrons. The molecule has 72 valence electrons. The lowest BCUT2D eigenvalue weighted by atomic mass is 9.60. The van der Waals surface area contributed by atoms with Gasteiger partial charge < -0.3 is 10.8 Å². The van der Waals surface area contributed by atoms with E-state index in [1.807, 2.05) is 0 Å². The van der Waals surface area contributed by atoms with Crippen LogP contribution in [0.1, 0.15) is 40.0 Å². The van der Waals surface area contributed by atoms with Crippen LogP contribution < -0.4 is 5.73 Å². The highest BCUT2D eigenvalue weighted by Gasteiger charge is 2.44. The van der Waals surface area contributed by atoms with Crippen molar-refractivity contribution in [1.82, 2.24) is 0 Å². The molecule has 0 aromatic carbocycles. The zero-order valence-corrected chi connectivity index (χ0v) is 8.43. The summed E-state index contributed by atoms with van der Waals surface area (Å²) in [5, 5.41) is 9.26. The molecule has 2 nitrogen and oxygen atoms in total. The number of hydrogen-bond donors (Lipinski definition) is 2. The van der Waals surface area contributed by atoms with Gasteiger partial charge in [-0.1, -0.05) is 20.8 Å². The van der Waals surface area contributed by atoms with Crippen LogP contribution in [0, 0.1) is 10.8 Å². The molecule has 0 aromatic heterocycles. The van der Waals surface area contributed by atoms with Gasteiger partial charge in [-0.3, -0.25) is 0 Å². The van der Waals surface area contributed by atoms with Crippen molar-refractivity contribution in [2.75, 3.05) is 6.54 Å². The van der Waals surface area contributed by atoms with E-state index in [4.69, 9.17) is 5.73 Å². The van der Waals surface area contributed by atoms with Gasteiger partial charge in [0.15, 0.2) is 0 Å². The lowest BCUT2D eigenvalue weighted by molar-refractivity contribution is -0.0485. The Morgan fingerprint density at radius 1 is 1.42 bits per heavy atom. The van der Waals surface area contributed by atoms with Gasteiger partial charge in [0, 0.05) is 0 Å². The van der Waals surface area contributed by atoms with Crippen LogP contribution in [0.25, 0.3) is 0 Å². The van der Waals surface area contributed by atoms with Gasteiger partial charge in [0.25, 0.3) is 0 Å². The fourth-order valence-corrected chi connectivity index (χ4v) is 2.45. The Hall–Kier alpha value is -0.0800. The quantitative estimate of drug-likeness (QED) is 0.661. The third-order valence-electron chi connectivity index (χ3n) is 2.68. The monoisotopic (exact) mass is 171 g/mol. The maximum Gasteiger partial charge on any atom is 0.0551 e. The molecule has 1 saturated carbocycles. The predicted molar refractivity (Wildman–Crippen MR) is 50.8 cm³/mol. The zero-order chi connectivity index (χ0) is 9.41. The molecule has 1 aliphatic rings. The molecule has 12 heavy (non-hydrogen) atoms. The minimum Gasteiger partial charge on any atom is -0.393 e. The third-order valence-corrected chi connectivity index (χ3v) is 2.68. The molecule has 3 N–H and O–H groups in total. The van der Waals surface area contributed by atoms with Gasteiger partial charge in [-0.15, -0.1) is 0 Å².